The first kappa shape index (κ1) is 23.6. The van der Waals surface area contributed by atoms with Gasteiger partial charge in [-0.1, -0.05) is 6.07 Å². The quantitative estimate of drug-likeness (QED) is 0.538. The summed E-state index contributed by atoms with van der Waals surface area (Å²) >= 11 is 0. The van der Waals surface area contributed by atoms with Crippen LogP contribution in [0, 0.1) is 0 Å². The SMILES string of the molecule is CCOc1cc(CN(CC(=O)NC(=O)Nc2ccc3c(c2)OCO3)C2CC2)ccc1OC(F)F. The van der Waals surface area contributed by atoms with Crippen LogP contribution >= 0.6 is 0 Å². The Kier molecular flexibility index (Phi) is 7.31. The summed E-state index contributed by atoms with van der Waals surface area (Å²) in [6.07, 6.45) is 1.86. The summed E-state index contributed by atoms with van der Waals surface area (Å²) in [5, 5.41) is 4.92. The van der Waals surface area contributed by atoms with E-state index in [2.05, 4.69) is 15.4 Å². The Morgan fingerprint density at radius 3 is 2.65 bits per heavy atom. The summed E-state index contributed by atoms with van der Waals surface area (Å²) in [7, 11) is 0. The van der Waals surface area contributed by atoms with E-state index < -0.39 is 18.5 Å². The van der Waals surface area contributed by atoms with Crippen LogP contribution in [0.3, 0.4) is 0 Å². The number of urea groups is 1. The zero-order valence-corrected chi connectivity index (χ0v) is 18.5. The average Bonchev–Trinajstić information content (AvgIpc) is 3.52. The minimum atomic E-state index is -2.96. The zero-order valence-electron chi connectivity index (χ0n) is 18.5. The van der Waals surface area contributed by atoms with Crippen LogP contribution in [0.4, 0.5) is 19.3 Å². The number of carbonyl (C=O) groups is 2. The van der Waals surface area contributed by atoms with Crippen molar-refractivity contribution in [1.29, 1.82) is 0 Å². The van der Waals surface area contributed by atoms with Gasteiger partial charge in [-0.2, -0.15) is 8.78 Å². The third kappa shape index (κ3) is 6.25. The van der Waals surface area contributed by atoms with Gasteiger partial charge in [-0.15, -0.1) is 0 Å². The van der Waals surface area contributed by atoms with Gasteiger partial charge in [0, 0.05) is 24.3 Å². The molecule has 2 aliphatic rings. The minimum Gasteiger partial charge on any atom is -0.490 e. The molecule has 0 aromatic heterocycles. The summed E-state index contributed by atoms with van der Waals surface area (Å²) in [6.45, 7) is -0.422. The molecule has 0 saturated heterocycles. The van der Waals surface area contributed by atoms with Crippen molar-refractivity contribution in [1.82, 2.24) is 10.2 Å². The number of benzene rings is 2. The van der Waals surface area contributed by atoms with Crippen LogP contribution in [0.25, 0.3) is 0 Å². The zero-order chi connectivity index (χ0) is 24.1. The highest BCUT2D eigenvalue weighted by atomic mass is 19.3. The van der Waals surface area contributed by atoms with Crippen molar-refractivity contribution in [2.75, 3.05) is 25.3 Å². The molecule has 11 heteroatoms. The monoisotopic (exact) mass is 477 g/mol. The Morgan fingerprint density at radius 2 is 1.91 bits per heavy atom. The van der Waals surface area contributed by atoms with Gasteiger partial charge in [0.25, 0.3) is 0 Å². The van der Waals surface area contributed by atoms with Crippen molar-refractivity contribution >= 4 is 17.6 Å². The van der Waals surface area contributed by atoms with Crippen LogP contribution in [0.5, 0.6) is 23.0 Å². The van der Waals surface area contributed by atoms with E-state index in [1.54, 1.807) is 37.3 Å². The van der Waals surface area contributed by atoms with Crippen molar-refractivity contribution in [3.05, 3.63) is 42.0 Å². The fourth-order valence-electron chi connectivity index (χ4n) is 3.59. The third-order valence-electron chi connectivity index (χ3n) is 5.20. The van der Waals surface area contributed by atoms with Gasteiger partial charge in [0.2, 0.25) is 12.7 Å². The molecule has 0 atom stereocenters. The van der Waals surface area contributed by atoms with Crippen molar-refractivity contribution in [2.45, 2.75) is 39.0 Å². The molecular formula is C23H25F2N3O6. The molecule has 1 aliphatic carbocycles. The molecule has 2 aromatic carbocycles. The summed E-state index contributed by atoms with van der Waals surface area (Å²) in [5.74, 6) is 0.803. The number of anilines is 1. The molecule has 34 heavy (non-hydrogen) atoms. The number of fused-ring (bicyclic) bond motifs is 1. The molecule has 0 unspecified atom stereocenters. The Labute approximate surface area is 194 Å². The molecule has 182 valence electrons. The van der Waals surface area contributed by atoms with Crippen LogP contribution in [0.1, 0.15) is 25.3 Å². The van der Waals surface area contributed by atoms with E-state index in [0.29, 0.717) is 23.7 Å². The van der Waals surface area contributed by atoms with Gasteiger partial charge in [0.15, 0.2) is 23.0 Å². The maximum atomic E-state index is 12.6. The maximum absolute atomic E-state index is 12.6. The number of ether oxygens (including phenoxy) is 4. The largest absolute Gasteiger partial charge is 0.490 e. The Hall–Kier alpha value is -3.60. The van der Waals surface area contributed by atoms with Crippen molar-refractivity contribution in [2.24, 2.45) is 0 Å². The summed E-state index contributed by atoms with van der Waals surface area (Å²) < 4.78 is 45.7. The molecule has 1 saturated carbocycles. The molecule has 1 heterocycles. The number of nitrogens with zero attached hydrogens (tertiary/aromatic N) is 1. The van der Waals surface area contributed by atoms with Crippen LogP contribution < -0.4 is 29.6 Å². The lowest BCUT2D eigenvalue weighted by molar-refractivity contribution is -0.121. The topological polar surface area (TPSA) is 98.4 Å². The van der Waals surface area contributed by atoms with E-state index in [1.807, 2.05) is 4.90 Å². The second-order valence-corrected chi connectivity index (χ2v) is 7.80. The van der Waals surface area contributed by atoms with Crippen LogP contribution in [0.2, 0.25) is 0 Å². The molecule has 0 spiro atoms. The Bertz CT molecular complexity index is 1050. The standard InChI is InChI=1S/C23H25F2N3O6/c1-2-31-19-9-14(3-7-18(19)34-22(24)25)11-28(16-5-6-16)12-21(29)27-23(30)26-15-4-8-17-20(10-15)33-13-32-17/h3-4,7-10,16,22H,2,5-6,11-13H2,1H3,(H2,26,27,29,30). The number of alkyl halides is 2. The van der Waals surface area contributed by atoms with E-state index in [1.165, 1.54) is 6.07 Å². The number of halogens is 2. The summed E-state index contributed by atoms with van der Waals surface area (Å²) in [4.78, 5) is 26.7. The van der Waals surface area contributed by atoms with Gasteiger partial charge in [-0.25, -0.2) is 4.79 Å². The van der Waals surface area contributed by atoms with Crippen LogP contribution in [-0.2, 0) is 11.3 Å². The molecule has 2 N–H and O–H groups in total. The maximum Gasteiger partial charge on any atom is 0.387 e. The number of carbonyl (C=O) groups excluding carboxylic acids is 2. The predicted octanol–water partition coefficient (Wildman–Crippen LogP) is 3.73. The summed E-state index contributed by atoms with van der Waals surface area (Å²) in [5.41, 5.74) is 1.23. The molecule has 4 rings (SSSR count). The lowest BCUT2D eigenvalue weighted by Gasteiger charge is -2.22. The first-order chi connectivity index (χ1) is 16.4. The van der Waals surface area contributed by atoms with Gasteiger partial charge >= 0.3 is 12.6 Å². The highest BCUT2D eigenvalue weighted by molar-refractivity contribution is 6.01. The molecule has 9 nitrogen and oxygen atoms in total. The van der Waals surface area contributed by atoms with Crippen molar-refractivity contribution < 1.29 is 37.3 Å². The molecule has 0 radical (unpaired) electrons. The Morgan fingerprint density at radius 1 is 1.12 bits per heavy atom. The van der Waals surface area contributed by atoms with Gasteiger partial charge in [0.05, 0.1) is 13.2 Å². The van der Waals surface area contributed by atoms with E-state index in [0.717, 1.165) is 18.4 Å². The number of hydrogen-bond acceptors (Lipinski definition) is 7. The van der Waals surface area contributed by atoms with E-state index in [-0.39, 0.29) is 37.5 Å². The number of imide groups is 1. The second-order valence-electron chi connectivity index (χ2n) is 7.80. The fourth-order valence-corrected chi connectivity index (χ4v) is 3.59. The van der Waals surface area contributed by atoms with E-state index >= 15 is 0 Å². The normalized spacial score (nSPS) is 14.3. The highest BCUT2D eigenvalue weighted by Crippen LogP contribution is 2.34. The smallest absolute Gasteiger partial charge is 0.387 e. The molecule has 2 aromatic rings. The van der Waals surface area contributed by atoms with Gasteiger partial charge < -0.3 is 24.3 Å². The third-order valence-corrected chi connectivity index (χ3v) is 5.20. The number of rotatable bonds is 10. The van der Waals surface area contributed by atoms with E-state index in [4.69, 9.17) is 14.2 Å². The molecular weight excluding hydrogens is 452 g/mol. The molecule has 3 amide bonds. The Balaban J connectivity index is 1.34. The lowest BCUT2D eigenvalue weighted by atomic mass is 10.2. The average molecular weight is 477 g/mol. The predicted molar refractivity (Wildman–Crippen MR) is 117 cm³/mol. The lowest BCUT2D eigenvalue weighted by Crippen LogP contribution is -2.42. The first-order valence-corrected chi connectivity index (χ1v) is 10.9. The molecule has 0 bridgehead atoms. The van der Waals surface area contributed by atoms with Gasteiger partial charge in [0.1, 0.15) is 0 Å². The first-order valence-electron chi connectivity index (χ1n) is 10.9. The van der Waals surface area contributed by atoms with Crippen molar-refractivity contribution in [3.63, 3.8) is 0 Å². The van der Waals surface area contributed by atoms with Crippen LogP contribution in [0.15, 0.2) is 36.4 Å². The minimum absolute atomic E-state index is 0.00151. The number of nitrogens with one attached hydrogen (secondary N) is 2. The van der Waals surface area contributed by atoms with Crippen molar-refractivity contribution in [3.8, 4) is 23.0 Å². The molecule has 1 aliphatic heterocycles. The second kappa shape index (κ2) is 10.6. The van der Waals surface area contributed by atoms with Gasteiger partial charge in [-0.3, -0.25) is 15.0 Å². The van der Waals surface area contributed by atoms with E-state index in [9.17, 15) is 18.4 Å². The number of amides is 3. The number of hydrogen-bond donors (Lipinski definition) is 2. The van der Waals surface area contributed by atoms with Crippen LogP contribution in [-0.4, -0.2) is 49.4 Å². The van der Waals surface area contributed by atoms with Gasteiger partial charge in [-0.05, 0) is 49.6 Å². The highest BCUT2D eigenvalue weighted by Gasteiger charge is 2.31. The molecule has 1 fully saturated rings. The fraction of sp³-hybridized carbons (Fsp3) is 0.391. The summed E-state index contributed by atoms with van der Waals surface area (Å²) in [6, 6.07) is 9.17.